The van der Waals surface area contributed by atoms with Gasteiger partial charge in [-0.1, -0.05) is 24.6 Å². The summed E-state index contributed by atoms with van der Waals surface area (Å²) in [7, 11) is -3.63. The van der Waals surface area contributed by atoms with E-state index < -0.39 is 15.9 Å². The molecule has 2 aromatic rings. The normalized spacial score (nSPS) is 11.2. The molecule has 0 unspecified atom stereocenters. The van der Waals surface area contributed by atoms with Crippen LogP contribution in [0.4, 0.5) is 11.4 Å². The summed E-state index contributed by atoms with van der Waals surface area (Å²) in [5, 5.41) is 2.85. The molecule has 6 nitrogen and oxygen atoms in total. The molecule has 0 fully saturated rings. The number of anilines is 2. The molecular formula is C21H28N2O4S. The van der Waals surface area contributed by atoms with Crippen LogP contribution < -0.4 is 14.4 Å². The molecule has 2 aromatic carbocycles. The van der Waals surface area contributed by atoms with Gasteiger partial charge < -0.3 is 10.1 Å². The molecule has 28 heavy (non-hydrogen) atoms. The van der Waals surface area contributed by atoms with Crippen LogP contribution in [0.5, 0.6) is 5.75 Å². The van der Waals surface area contributed by atoms with Crippen LogP contribution in [0.1, 0.15) is 30.0 Å². The highest BCUT2D eigenvalue weighted by Gasteiger charge is 2.21. The Morgan fingerprint density at radius 2 is 1.64 bits per heavy atom. The van der Waals surface area contributed by atoms with Gasteiger partial charge in [0.05, 0.1) is 18.6 Å². The van der Waals surface area contributed by atoms with Gasteiger partial charge >= 0.3 is 0 Å². The van der Waals surface area contributed by atoms with Crippen LogP contribution in [0.25, 0.3) is 0 Å². The van der Waals surface area contributed by atoms with E-state index in [9.17, 15) is 13.2 Å². The highest BCUT2D eigenvalue weighted by molar-refractivity contribution is 7.92. The van der Waals surface area contributed by atoms with Gasteiger partial charge in [0.15, 0.2) is 0 Å². The summed E-state index contributed by atoms with van der Waals surface area (Å²) in [6.07, 6.45) is 1.97. The number of nitrogens with one attached hydrogen (secondary N) is 1. The quantitative estimate of drug-likeness (QED) is 0.726. The predicted molar refractivity (Wildman–Crippen MR) is 114 cm³/mol. The van der Waals surface area contributed by atoms with Crippen LogP contribution >= 0.6 is 0 Å². The van der Waals surface area contributed by atoms with Gasteiger partial charge in [-0.2, -0.15) is 0 Å². The SMILES string of the molecule is CCCOc1ccc(N(CC(=O)Nc2c(C)cc(C)cc2C)S(C)(=O)=O)cc1. The van der Waals surface area contributed by atoms with E-state index in [-0.39, 0.29) is 6.54 Å². The molecule has 0 aliphatic heterocycles. The lowest BCUT2D eigenvalue weighted by Crippen LogP contribution is -2.37. The van der Waals surface area contributed by atoms with E-state index in [1.54, 1.807) is 24.3 Å². The summed E-state index contributed by atoms with van der Waals surface area (Å²) < 4.78 is 31.2. The van der Waals surface area contributed by atoms with E-state index >= 15 is 0 Å². The number of hydrogen-bond donors (Lipinski definition) is 1. The highest BCUT2D eigenvalue weighted by Crippen LogP contribution is 2.24. The first-order valence-electron chi connectivity index (χ1n) is 9.20. The third-order valence-electron chi connectivity index (χ3n) is 4.23. The van der Waals surface area contributed by atoms with Crippen molar-refractivity contribution < 1.29 is 17.9 Å². The zero-order valence-electron chi connectivity index (χ0n) is 17.1. The Kier molecular flexibility index (Phi) is 7.07. The lowest BCUT2D eigenvalue weighted by atomic mass is 10.1. The highest BCUT2D eigenvalue weighted by atomic mass is 32.2. The van der Waals surface area contributed by atoms with Gasteiger partial charge in [0.1, 0.15) is 12.3 Å². The van der Waals surface area contributed by atoms with E-state index in [1.165, 1.54) is 0 Å². The van der Waals surface area contributed by atoms with Crippen LogP contribution in [0.2, 0.25) is 0 Å². The summed E-state index contributed by atoms with van der Waals surface area (Å²) in [6, 6.07) is 10.6. The Labute approximate surface area is 167 Å². The van der Waals surface area contributed by atoms with Crippen LogP contribution in [-0.2, 0) is 14.8 Å². The van der Waals surface area contributed by atoms with Crippen molar-refractivity contribution in [2.45, 2.75) is 34.1 Å². The Balaban J connectivity index is 2.20. The maximum absolute atomic E-state index is 12.6. The third kappa shape index (κ3) is 5.73. The first-order chi connectivity index (χ1) is 13.1. The molecule has 0 aliphatic carbocycles. The minimum atomic E-state index is -3.63. The number of carbonyl (C=O) groups is 1. The summed E-state index contributed by atoms with van der Waals surface area (Å²) >= 11 is 0. The maximum Gasteiger partial charge on any atom is 0.245 e. The number of rotatable bonds is 8. The van der Waals surface area contributed by atoms with E-state index in [2.05, 4.69) is 5.32 Å². The molecule has 2 rings (SSSR count). The molecule has 0 spiro atoms. The molecule has 7 heteroatoms. The van der Waals surface area contributed by atoms with Gasteiger partial charge in [0.25, 0.3) is 0 Å². The van der Waals surface area contributed by atoms with Crippen LogP contribution in [0, 0.1) is 20.8 Å². The second-order valence-electron chi connectivity index (χ2n) is 6.93. The van der Waals surface area contributed by atoms with Gasteiger partial charge in [0.2, 0.25) is 15.9 Å². The van der Waals surface area contributed by atoms with Crippen LogP contribution in [0.3, 0.4) is 0 Å². The van der Waals surface area contributed by atoms with Crippen molar-refractivity contribution in [1.82, 2.24) is 0 Å². The summed E-state index contributed by atoms with van der Waals surface area (Å²) in [4.78, 5) is 12.6. The first-order valence-corrected chi connectivity index (χ1v) is 11.0. The summed E-state index contributed by atoms with van der Waals surface area (Å²) in [5.74, 6) is 0.265. The number of aryl methyl sites for hydroxylation is 3. The Hall–Kier alpha value is -2.54. The van der Waals surface area contributed by atoms with Crippen LogP contribution in [-0.4, -0.2) is 33.7 Å². The molecule has 0 heterocycles. The topological polar surface area (TPSA) is 75.7 Å². The lowest BCUT2D eigenvalue weighted by molar-refractivity contribution is -0.114. The average Bonchev–Trinajstić information content (AvgIpc) is 2.60. The number of hydrogen-bond acceptors (Lipinski definition) is 4. The number of nitrogens with zero attached hydrogens (tertiary/aromatic N) is 1. The van der Waals surface area contributed by atoms with Gasteiger partial charge in [-0.3, -0.25) is 9.10 Å². The molecule has 0 aliphatic rings. The molecular weight excluding hydrogens is 376 g/mol. The molecule has 1 N–H and O–H groups in total. The number of amides is 1. The molecule has 0 saturated carbocycles. The van der Waals surface area contributed by atoms with E-state index in [0.29, 0.717) is 23.7 Å². The lowest BCUT2D eigenvalue weighted by Gasteiger charge is -2.23. The van der Waals surface area contributed by atoms with Crippen molar-refractivity contribution in [2.24, 2.45) is 0 Å². The average molecular weight is 405 g/mol. The molecule has 0 radical (unpaired) electrons. The van der Waals surface area contributed by atoms with Gasteiger partial charge in [-0.05, 0) is 62.6 Å². The van der Waals surface area contributed by atoms with E-state index in [0.717, 1.165) is 33.7 Å². The van der Waals surface area contributed by atoms with E-state index in [4.69, 9.17) is 4.74 Å². The van der Waals surface area contributed by atoms with E-state index in [1.807, 2.05) is 39.8 Å². The standard InChI is InChI=1S/C21H28N2O4S/c1-6-11-27-19-9-7-18(8-10-19)23(28(5,25)26)14-20(24)22-21-16(3)12-15(2)13-17(21)4/h7-10,12-13H,6,11,14H2,1-5H3,(H,22,24). The fourth-order valence-electron chi connectivity index (χ4n) is 3.02. The second-order valence-corrected chi connectivity index (χ2v) is 8.84. The Morgan fingerprint density at radius 3 is 2.14 bits per heavy atom. The second kappa shape index (κ2) is 9.10. The van der Waals surface area contributed by atoms with Crippen molar-refractivity contribution in [3.05, 3.63) is 53.1 Å². The van der Waals surface area contributed by atoms with Gasteiger partial charge in [-0.15, -0.1) is 0 Å². The molecule has 0 atom stereocenters. The largest absolute Gasteiger partial charge is 0.494 e. The number of benzene rings is 2. The first kappa shape index (κ1) is 21.8. The fraction of sp³-hybridized carbons (Fsp3) is 0.381. The zero-order chi connectivity index (χ0) is 20.9. The third-order valence-corrected chi connectivity index (χ3v) is 5.37. The number of ether oxygens (including phenoxy) is 1. The summed E-state index contributed by atoms with van der Waals surface area (Å²) in [6.45, 7) is 8.12. The maximum atomic E-state index is 12.6. The minimum absolute atomic E-state index is 0.305. The smallest absolute Gasteiger partial charge is 0.245 e. The van der Waals surface area contributed by atoms with Crippen molar-refractivity contribution in [3.63, 3.8) is 0 Å². The Morgan fingerprint density at radius 1 is 1.07 bits per heavy atom. The fourth-order valence-corrected chi connectivity index (χ4v) is 3.87. The molecule has 0 saturated heterocycles. The van der Waals surface area contributed by atoms with Crippen LogP contribution in [0.15, 0.2) is 36.4 Å². The van der Waals surface area contributed by atoms with Crippen molar-refractivity contribution >= 4 is 27.3 Å². The van der Waals surface area contributed by atoms with Gasteiger partial charge in [-0.25, -0.2) is 8.42 Å². The van der Waals surface area contributed by atoms with Gasteiger partial charge in [0, 0.05) is 5.69 Å². The molecule has 152 valence electrons. The molecule has 1 amide bonds. The Bertz CT molecular complexity index is 914. The minimum Gasteiger partial charge on any atom is -0.494 e. The molecule has 0 aromatic heterocycles. The van der Waals surface area contributed by atoms with Crippen molar-refractivity contribution in [1.29, 1.82) is 0 Å². The van der Waals surface area contributed by atoms with Crippen molar-refractivity contribution in [3.8, 4) is 5.75 Å². The number of sulfonamides is 1. The zero-order valence-corrected chi connectivity index (χ0v) is 17.9. The van der Waals surface area contributed by atoms with Crippen molar-refractivity contribution in [2.75, 3.05) is 29.0 Å². The monoisotopic (exact) mass is 404 g/mol. The number of carbonyl (C=O) groups excluding carboxylic acids is 1. The molecule has 0 bridgehead atoms. The predicted octanol–water partition coefficient (Wildman–Crippen LogP) is 3.81. The summed E-state index contributed by atoms with van der Waals surface area (Å²) in [5.41, 5.74) is 4.12.